The highest BCUT2D eigenvalue weighted by molar-refractivity contribution is 5.97. The first-order chi connectivity index (χ1) is 16.5. The maximum absolute atomic E-state index is 13.1. The van der Waals surface area contributed by atoms with Crippen LogP contribution in [0.2, 0.25) is 0 Å². The van der Waals surface area contributed by atoms with E-state index in [1.165, 1.54) is 16.7 Å². The van der Waals surface area contributed by atoms with Crippen LogP contribution < -0.4 is 19.7 Å². The lowest BCUT2D eigenvalue weighted by Gasteiger charge is -2.36. The van der Waals surface area contributed by atoms with Gasteiger partial charge in [0, 0.05) is 45.5 Å². The maximum atomic E-state index is 13.1. The van der Waals surface area contributed by atoms with Gasteiger partial charge in [-0.05, 0) is 47.4 Å². The van der Waals surface area contributed by atoms with E-state index in [2.05, 4.69) is 63.6 Å². The molecule has 3 aromatic carbocycles. The monoisotopic (exact) mass is 459 g/mol. The van der Waals surface area contributed by atoms with E-state index in [1.807, 2.05) is 14.1 Å². The third-order valence-electron chi connectivity index (χ3n) is 6.50. The number of hydrogen-bond acceptors (Lipinski definition) is 5. The Bertz CT molecular complexity index is 1130. The molecule has 1 heterocycles. The van der Waals surface area contributed by atoms with E-state index in [4.69, 9.17) is 9.47 Å². The van der Waals surface area contributed by atoms with E-state index in [9.17, 15) is 4.79 Å². The minimum absolute atomic E-state index is 0.0535. The van der Waals surface area contributed by atoms with Gasteiger partial charge in [-0.2, -0.15) is 0 Å². The molecule has 0 unspecified atom stereocenters. The van der Waals surface area contributed by atoms with Crippen molar-refractivity contribution in [3.8, 4) is 11.5 Å². The minimum atomic E-state index is -0.160. The van der Waals surface area contributed by atoms with E-state index >= 15 is 0 Å². The number of hydrogen-bond donors (Lipinski definition) is 1. The molecule has 0 aromatic heterocycles. The molecule has 1 N–H and O–H groups in total. The van der Waals surface area contributed by atoms with Gasteiger partial charge in [0.1, 0.15) is 11.5 Å². The topological polar surface area (TPSA) is 54.0 Å². The van der Waals surface area contributed by atoms with E-state index in [1.54, 1.807) is 32.4 Å². The number of nitrogens with one attached hydrogen (secondary N) is 1. The summed E-state index contributed by atoms with van der Waals surface area (Å²) in [6.07, 6.45) is 1.00. The Hall–Kier alpha value is -3.51. The number of carbonyl (C=O) groups excluding carboxylic acids is 1. The van der Waals surface area contributed by atoms with E-state index < -0.39 is 0 Å². The first kappa shape index (κ1) is 23.6. The average molecular weight is 460 g/mol. The summed E-state index contributed by atoms with van der Waals surface area (Å²) in [5.74, 6) is 0.988. The lowest BCUT2D eigenvalue weighted by atomic mass is 9.96. The Balaban J connectivity index is 1.57. The predicted molar refractivity (Wildman–Crippen MR) is 136 cm³/mol. The summed E-state index contributed by atoms with van der Waals surface area (Å²) < 4.78 is 10.7. The summed E-state index contributed by atoms with van der Waals surface area (Å²) >= 11 is 0. The molecule has 178 valence electrons. The molecular weight excluding hydrogens is 426 g/mol. The molecule has 0 saturated heterocycles. The number of methoxy groups -OCH3 is 2. The normalized spacial score (nSPS) is 14.1. The van der Waals surface area contributed by atoms with Gasteiger partial charge in [-0.15, -0.1) is 0 Å². The van der Waals surface area contributed by atoms with Gasteiger partial charge in [-0.3, -0.25) is 9.69 Å². The molecular formula is C28H33N3O3. The second kappa shape index (κ2) is 10.6. The van der Waals surface area contributed by atoms with Gasteiger partial charge in [-0.1, -0.05) is 36.4 Å². The molecule has 1 amide bonds. The second-order valence-electron chi connectivity index (χ2n) is 8.77. The second-order valence-corrected chi connectivity index (χ2v) is 8.77. The smallest absolute Gasteiger partial charge is 0.255 e. The van der Waals surface area contributed by atoms with Crippen molar-refractivity contribution < 1.29 is 14.3 Å². The van der Waals surface area contributed by atoms with Crippen LogP contribution in [0.1, 0.15) is 33.1 Å². The fourth-order valence-electron chi connectivity index (χ4n) is 4.51. The van der Waals surface area contributed by atoms with Gasteiger partial charge in [0.15, 0.2) is 0 Å². The van der Waals surface area contributed by atoms with Crippen LogP contribution in [0.15, 0.2) is 66.7 Å². The Morgan fingerprint density at radius 1 is 1.00 bits per heavy atom. The number of fused-ring (bicyclic) bond motifs is 1. The van der Waals surface area contributed by atoms with Crippen molar-refractivity contribution in [1.29, 1.82) is 0 Å². The van der Waals surface area contributed by atoms with Crippen LogP contribution in [0, 0.1) is 0 Å². The average Bonchev–Trinajstić information content (AvgIpc) is 2.88. The number of rotatable bonds is 8. The molecule has 6 heteroatoms. The largest absolute Gasteiger partial charge is 0.497 e. The Kier molecular flexibility index (Phi) is 7.38. The molecule has 1 aliphatic heterocycles. The number of nitrogens with zero attached hydrogens (tertiary/aromatic N) is 2. The first-order valence-electron chi connectivity index (χ1n) is 11.6. The van der Waals surface area contributed by atoms with Gasteiger partial charge in [0.25, 0.3) is 5.91 Å². The summed E-state index contributed by atoms with van der Waals surface area (Å²) in [6.45, 7) is 2.30. The van der Waals surface area contributed by atoms with Crippen molar-refractivity contribution in [2.24, 2.45) is 0 Å². The van der Waals surface area contributed by atoms with Gasteiger partial charge in [0.05, 0.1) is 25.8 Å². The van der Waals surface area contributed by atoms with Crippen molar-refractivity contribution >= 4 is 11.6 Å². The molecule has 1 aliphatic rings. The Labute approximate surface area is 202 Å². The number of amides is 1. The molecule has 0 aliphatic carbocycles. The summed E-state index contributed by atoms with van der Waals surface area (Å²) in [7, 11) is 7.23. The lowest BCUT2D eigenvalue weighted by molar-refractivity contribution is 0.0924. The van der Waals surface area contributed by atoms with Crippen LogP contribution in [-0.4, -0.2) is 52.2 Å². The highest BCUT2D eigenvalue weighted by atomic mass is 16.5. The quantitative estimate of drug-likeness (QED) is 0.544. The SMILES string of the molecule is COc1ccc(C(=O)NC[C@@H](c2ccc(N(C)C)cc2)N2CCc3ccccc3C2)c(OC)c1. The van der Waals surface area contributed by atoms with E-state index in [0.717, 1.165) is 25.2 Å². The zero-order chi connectivity index (χ0) is 24.1. The van der Waals surface area contributed by atoms with Crippen molar-refractivity contribution in [3.63, 3.8) is 0 Å². The summed E-state index contributed by atoms with van der Waals surface area (Å²) in [6, 6.07) is 22.5. The molecule has 1 atom stereocenters. The van der Waals surface area contributed by atoms with Gasteiger partial charge in [0.2, 0.25) is 0 Å². The molecule has 4 rings (SSSR count). The number of ether oxygens (including phenoxy) is 2. The molecule has 6 nitrogen and oxygen atoms in total. The highest BCUT2D eigenvalue weighted by Gasteiger charge is 2.26. The number of anilines is 1. The molecule has 34 heavy (non-hydrogen) atoms. The summed E-state index contributed by atoms with van der Waals surface area (Å²) in [5, 5.41) is 3.16. The highest BCUT2D eigenvalue weighted by Crippen LogP contribution is 2.29. The lowest BCUT2D eigenvalue weighted by Crippen LogP contribution is -2.40. The van der Waals surface area contributed by atoms with Crippen molar-refractivity contribution in [2.75, 3.05) is 46.3 Å². The first-order valence-corrected chi connectivity index (χ1v) is 11.6. The van der Waals surface area contributed by atoms with Crippen molar-refractivity contribution in [1.82, 2.24) is 10.2 Å². The molecule has 3 aromatic rings. The third-order valence-corrected chi connectivity index (χ3v) is 6.50. The fourth-order valence-corrected chi connectivity index (χ4v) is 4.51. The molecule has 0 saturated carbocycles. The van der Waals surface area contributed by atoms with E-state index in [0.29, 0.717) is 23.6 Å². The molecule has 0 bridgehead atoms. The van der Waals surface area contributed by atoms with Crippen molar-refractivity contribution in [3.05, 3.63) is 89.0 Å². The van der Waals surface area contributed by atoms with Gasteiger partial charge < -0.3 is 19.7 Å². The molecule has 0 radical (unpaired) electrons. The Morgan fingerprint density at radius 3 is 2.41 bits per heavy atom. The van der Waals surface area contributed by atoms with Crippen molar-refractivity contribution in [2.45, 2.75) is 19.0 Å². The maximum Gasteiger partial charge on any atom is 0.255 e. The number of benzene rings is 3. The minimum Gasteiger partial charge on any atom is -0.497 e. The zero-order valence-electron chi connectivity index (χ0n) is 20.4. The Morgan fingerprint density at radius 2 is 1.74 bits per heavy atom. The van der Waals surface area contributed by atoms with Gasteiger partial charge in [-0.25, -0.2) is 0 Å². The molecule has 0 spiro atoms. The third kappa shape index (κ3) is 5.18. The standard InChI is InChI=1S/C28H33N3O3/c1-30(2)23-11-9-21(10-12-23)26(31-16-15-20-7-5-6-8-22(20)19-31)18-29-28(32)25-14-13-24(33-3)17-27(25)34-4/h5-14,17,26H,15-16,18-19H2,1-4H3,(H,29,32)/t26-/m0/s1. The van der Waals surface area contributed by atoms with E-state index in [-0.39, 0.29) is 11.9 Å². The molecule has 0 fully saturated rings. The number of carbonyl (C=O) groups is 1. The van der Waals surface area contributed by atoms with Crippen LogP contribution >= 0.6 is 0 Å². The summed E-state index contributed by atoms with van der Waals surface area (Å²) in [5.41, 5.74) is 5.60. The van der Waals surface area contributed by atoms with Crippen LogP contribution in [0.25, 0.3) is 0 Å². The van der Waals surface area contributed by atoms with Crippen LogP contribution in [0.5, 0.6) is 11.5 Å². The zero-order valence-corrected chi connectivity index (χ0v) is 20.4. The van der Waals surface area contributed by atoms with Gasteiger partial charge >= 0.3 is 0 Å². The summed E-state index contributed by atoms with van der Waals surface area (Å²) in [4.78, 5) is 17.7. The fraction of sp³-hybridized carbons (Fsp3) is 0.321. The predicted octanol–water partition coefficient (Wildman–Crippen LogP) is 4.30. The van der Waals surface area contributed by atoms with Crippen LogP contribution in [0.3, 0.4) is 0 Å². The van der Waals surface area contributed by atoms with Crippen LogP contribution in [0.4, 0.5) is 5.69 Å². The van der Waals surface area contributed by atoms with Crippen LogP contribution in [-0.2, 0) is 13.0 Å².